The maximum absolute atomic E-state index is 11.8. The lowest BCUT2D eigenvalue weighted by atomic mass is 10.1. The summed E-state index contributed by atoms with van der Waals surface area (Å²) in [5.41, 5.74) is 0.666. The van der Waals surface area contributed by atoms with Crippen molar-refractivity contribution in [1.29, 1.82) is 0 Å². The Bertz CT molecular complexity index is 812. The van der Waals surface area contributed by atoms with E-state index in [4.69, 9.17) is 16.3 Å². The van der Waals surface area contributed by atoms with Crippen LogP contribution in [-0.4, -0.2) is 46.2 Å². The van der Waals surface area contributed by atoms with E-state index in [1.54, 1.807) is 24.1 Å². The van der Waals surface area contributed by atoms with Crippen molar-refractivity contribution in [3.8, 4) is 0 Å². The zero-order chi connectivity index (χ0) is 17.8. The van der Waals surface area contributed by atoms with Crippen LogP contribution in [0, 0.1) is 0 Å². The highest BCUT2D eigenvalue weighted by Gasteiger charge is 2.30. The van der Waals surface area contributed by atoms with Crippen LogP contribution in [-0.2, 0) is 14.3 Å². The summed E-state index contributed by atoms with van der Waals surface area (Å²) in [7, 11) is 0. The minimum absolute atomic E-state index is 0.325. The monoisotopic (exact) mass is 380 g/mol. The van der Waals surface area contributed by atoms with Gasteiger partial charge in [-0.3, -0.25) is 4.90 Å². The van der Waals surface area contributed by atoms with E-state index >= 15 is 0 Å². The third kappa shape index (κ3) is 4.26. The summed E-state index contributed by atoms with van der Waals surface area (Å²) in [5.74, 6) is 0.579. The van der Waals surface area contributed by atoms with Crippen LogP contribution in [0.15, 0.2) is 24.3 Å². The summed E-state index contributed by atoms with van der Waals surface area (Å²) < 4.78 is 6.55. The second-order valence-corrected chi connectivity index (χ2v) is 7.29. The molecule has 1 N–H and O–H groups in total. The van der Waals surface area contributed by atoms with Crippen LogP contribution < -0.4 is 0 Å². The zero-order valence-corrected chi connectivity index (χ0v) is 14.9. The number of likely N-dealkylation sites (tertiary alicyclic amines) is 1. The number of carboxylic acid groups (broad SMARTS) is 1. The van der Waals surface area contributed by atoms with Crippen molar-refractivity contribution < 1.29 is 19.4 Å². The number of carboxylic acids is 1. The van der Waals surface area contributed by atoms with Gasteiger partial charge in [-0.2, -0.15) is 0 Å². The molecule has 132 valence electrons. The fourth-order valence-electron chi connectivity index (χ4n) is 2.85. The molecule has 6 nitrogen and oxygen atoms in total. The lowest BCUT2D eigenvalue weighted by Gasteiger charge is -2.32. The molecule has 3 rings (SSSR count). The number of halogens is 1. The van der Waals surface area contributed by atoms with Gasteiger partial charge < -0.3 is 9.84 Å². The number of thiazole rings is 1. The van der Waals surface area contributed by atoms with Gasteiger partial charge in [0.1, 0.15) is 17.2 Å². The normalized spacial score (nSPS) is 17.8. The van der Waals surface area contributed by atoms with Crippen molar-refractivity contribution in [2.75, 3.05) is 13.1 Å². The number of hydrogen-bond donors (Lipinski definition) is 1. The fraction of sp³-hybridized carbons (Fsp3) is 0.412. The van der Waals surface area contributed by atoms with Crippen molar-refractivity contribution >= 4 is 45.1 Å². The van der Waals surface area contributed by atoms with E-state index in [1.165, 1.54) is 17.4 Å². The molecule has 0 amide bonds. The van der Waals surface area contributed by atoms with Gasteiger partial charge in [0.2, 0.25) is 6.10 Å². The van der Waals surface area contributed by atoms with Gasteiger partial charge in [-0.1, -0.05) is 18.0 Å². The molecule has 2 aromatic rings. The number of ether oxygens (including phenoxy) is 1. The van der Waals surface area contributed by atoms with Crippen LogP contribution in [0.4, 0.5) is 0 Å². The average Bonchev–Trinajstić information content (AvgIpc) is 3.01. The second kappa shape index (κ2) is 8.08. The Morgan fingerprint density at radius 3 is 2.84 bits per heavy atom. The first-order valence-electron chi connectivity index (χ1n) is 7.98. The molecular formula is C17H17ClN2O4S. The third-order valence-corrected chi connectivity index (χ3v) is 5.35. The molecule has 1 aliphatic rings. The maximum atomic E-state index is 11.8. The number of piperidine rings is 1. The smallest absolute Gasteiger partial charge is 0.340 e. The molecule has 1 fully saturated rings. The standard InChI is InChI=1S/C17H17ClN2O4S/c18-11-4-5-12-13(10-11)25-16(19-12)15(17(22)23)24-14(6-9-21)20-7-2-1-3-8-20/h4-6,10,14-15H,1-3,7-8H2,(H,22,23). The maximum Gasteiger partial charge on any atom is 0.340 e. The molecule has 0 aliphatic carbocycles. The molecule has 1 aromatic carbocycles. The molecule has 25 heavy (non-hydrogen) atoms. The number of rotatable bonds is 6. The van der Waals surface area contributed by atoms with E-state index in [1.807, 2.05) is 4.90 Å². The summed E-state index contributed by atoms with van der Waals surface area (Å²) in [6.07, 6.45) is 2.34. The highest BCUT2D eigenvalue weighted by Crippen LogP contribution is 2.31. The van der Waals surface area contributed by atoms with E-state index in [2.05, 4.69) is 4.98 Å². The first-order valence-corrected chi connectivity index (χ1v) is 9.17. The van der Waals surface area contributed by atoms with Crippen molar-refractivity contribution in [3.63, 3.8) is 0 Å². The number of aromatic nitrogens is 1. The molecule has 2 atom stereocenters. The van der Waals surface area contributed by atoms with E-state index in [-0.39, 0.29) is 0 Å². The molecule has 2 heterocycles. The Morgan fingerprint density at radius 1 is 1.40 bits per heavy atom. The van der Waals surface area contributed by atoms with Crippen LogP contribution in [0.25, 0.3) is 10.2 Å². The average molecular weight is 381 g/mol. The summed E-state index contributed by atoms with van der Waals surface area (Å²) in [6.45, 7) is 1.51. The quantitative estimate of drug-likeness (QED) is 0.774. The van der Waals surface area contributed by atoms with Crippen LogP contribution in [0.3, 0.4) is 0 Å². The summed E-state index contributed by atoms with van der Waals surface area (Å²) >= 11 is 7.20. The number of benzene rings is 1. The lowest BCUT2D eigenvalue weighted by Crippen LogP contribution is -2.41. The Hall–Kier alpha value is -1.76. The number of hydrogen-bond acceptors (Lipinski definition) is 6. The zero-order valence-electron chi connectivity index (χ0n) is 13.4. The van der Waals surface area contributed by atoms with Crippen LogP contribution in [0.2, 0.25) is 5.02 Å². The Labute approximate surface area is 153 Å². The highest BCUT2D eigenvalue weighted by molar-refractivity contribution is 7.18. The molecular weight excluding hydrogens is 364 g/mol. The molecule has 0 spiro atoms. The van der Waals surface area contributed by atoms with E-state index < -0.39 is 18.3 Å². The van der Waals surface area contributed by atoms with Gasteiger partial charge in [-0.25, -0.2) is 14.6 Å². The number of nitrogens with zero attached hydrogens (tertiary/aromatic N) is 2. The number of carbonyl (C=O) groups is 1. The van der Waals surface area contributed by atoms with Crippen molar-refractivity contribution in [1.82, 2.24) is 9.88 Å². The molecule has 2 unspecified atom stereocenters. The SMILES string of the molecule is O=C=CC(OC(C(=O)O)c1nc2ccc(Cl)cc2s1)N1CCCCC1. The molecule has 1 aliphatic heterocycles. The van der Waals surface area contributed by atoms with E-state index in [0.717, 1.165) is 37.1 Å². The van der Waals surface area contributed by atoms with Crippen LogP contribution >= 0.6 is 22.9 Å². The second-order valence-electron chi connectivity index (χ2n) is 5.79. The van der Waals surface area contributed by atoms with Gasteiger partial charge in [0.15, 0.2) is 0 Å². The Morgan fingerprint density at radius 2 is 2.16 bits per heavy atom. The summed E-state index contributed by atoms with van der Waals surface area (Å²) in [5, 5.41) is 10.5. The molecule has 0 saturated carbocycles. The number of aliphatic carboxylic acids is 1. The highest BCUT2D eigenvalue weighted by atomic mass is 35.5. The molecule has 0 radical (unpaired) electrons. The van der Waals surface area contributed by atoms with Gasteiger partial charge in [0.05, 0.1) is 10.2 Å². The van der Waals surface area contributed by atoms with Gasteiger partial charge in [-0.05, 0) is 31.0 Å². The third-order valence-electron chi connectivity index (χ3n) is 4.05. The number of carbonyl (C=O) groups excluding carboxylic acids is 1. The summed E-state index contributed by atoms with van der Waals surface area (Å²) in [6, 6.07) is 5.18. The van der Waals surface area contributed by atoms with Crippen molar-refractivity contribution in [3.05, 3.63) is 34.3 Å². The van der Waals surface area contributed by atoms with E-state index in [0.29, 0.717) is 15.5 Å². The molecule has 0 bridgehead atoms. The fourth-order valence-corrected chi connectivity index (χ4v) is 4.13. The first-order chi connectivity index (χ1) is 12.1. The van der Waals surface area contributed by atoms with Crippen molar-refractivity contribution in [2.45, 2.75) is 31.6 Å². The van der Waals surface area contributed by atoms with E-state index in [9.17, 15) is 14.7 Å². The lowest BCUT2D eigenvalue weighted by molar-refractivity contribution is -0.160. The Kier molecular flexibility index (Phi) is 5.83. The summed E-state index contributed by atoms with van der Waals surface area (Å²) in [4.78, 5) is 28.9. The molecule has 1 aromatic heterocycles. The first kappa shape index (κ1) is 18.0. The van der Waals surface area contributed by atoms with Gasteiger partial charge >= 0.3 is 5.97 Å². The van der Waals surface area contributed by atoms with Gasteiger partial charge in [0.25, 0.3) is 0 Å². The number of fused-ring (bicyclic) bond motifs is 1. The molecule has 8 heteroatoms. The Balaban J connectivity index is 1.87. The minimum Gasteiger partial charge on any atom is -0.479 e. The van der Waals surface area contributed by atoms with Gasteiger partial charge in [0, 0.05) is 24.2 Å². The minimum atomic E-state index is -1.26. The van der Waals surface area contributed by atoms with Gasteiger partial charge in [-0.15, -0.1) is 11.3 Å². The predicted molar refractivity (Wildman–Crippen MR) is 95.6 cm³/mol. The predicted octanol–water partition coefficient (Wildman–Crippen LogP) is 3.29. The molecule has 1 saturated heterocycles. The van der Waals surface area contributed by atoms with Crippen molar-refractivity contribution in [2.24, 2.45) is 0 Å². The topological polar surface area (TPSA) is 79.7 Å². The van der Waals surface area contributed by atoms with Crippen LogP contribution in [0.5, 0.6) is 0 Å². The van der Waals surface area contributed by atoms with Crippen LogP contribution in [0.1, 0.15) is 30.4 Å². The largest absolute Gasteiger partial charge is 0.479 e.